The van der Waals surface area contributed by atoms with E-state index < -0.39 is 6.08 Å². The predicted octanol–water partition coefficient (Wildman–Crippen LogP) is 2.25. The Morgan fingerprint density at radius 3 is 2.36 bits per heavy atom. The van der Waals surface area contributed by atoms with E-state index >= 15 is 0 Å². The summed E-state index contributed by atoms with van der Waals surface area (Å²) in [6.07, 6.45) is 2.99. The van der Waals surface area contributed by atoms with Crippen LogP contribution >= 0.6 is 0 Å². The van der Waals surface area contributed by atoms with Gasteiger partial charge in [0.1, 0.15) is 0 Å². The van der Waals surface area contributed by atoms with Crippen molar-refractivity contribution in [1.29, 1.82) is 0 Å². The summed E-state index contributed by atoms with van der Waals surface area (Å²) in [5, 5.41) is 0. The molecule has 1 saturated heterocycles. The monoisotopic (exact) mass is 161 g/mol. The van der Waals surface area contributed by atoms with Gasteiger partial charge in [-0.15, -0.1) is 0 Å². The Labute approximate surface area is 65.7 Å². The molecule has 0 aromatic heterocycles. The molecule has 0 spiro atoms. The van der Waals surface area contributed by atoms with Gasteiger partial charge < -0.3 is 0 Å². The highest BCUT2D eigenvalue weighted by molar-refractivity contribution is 4.84. The second-order valence-electron chi connectivity index (χ2n) is 2.86. The second-order valence-corrected chi connectivity index (χ2v) is 2.86. The average Bonchev–Trinajstić information content (AvgIpc) is 2.03. The Kier molecular flexibility index (Phi) is 3.49. The molecule has 0 aliphatic carbocycles. The summed E-state index contributed by atoms with van der Waals surface area (Å²) in [5.41, 5.74) is 0. The van der Waals surface area contributed by atoms with Crippen LogP contribution in [0, 0.1) is 0 Å². The van der Waals surface area contributed by atoms with Crippen molar-refractivity contribution in [3.8, 4) is 0 Å². The SMILES string of the molecule is FC(F)=CCN1CCCCC1. The molecule has 0 saturated carbocycles. The first-order chi connectivity index (χ1) is 5.29. The third-order valence-corrected chi connectivity index (χ3v) is 1.95. The van der Waals surface area contributed by atoms with Crippen LogP contribution in [0.25, 0.3) is 0 Å². The van der Waals surface area contributed by atoms with Crippen LogP contribution in [-0.4, -0.2) is 24.5 Å². The van der Waals surface area contributed by atoms with Crippen molar-refractivity contribution in [2.75, 3.05) is 19.6 Å². The van der Waals surface area contributed by atoms with E-state index in [1.165, 1.54) is 6.42 Å². The molecule has 0 aromatic carbocycles. The smallest absolute Gasteiger partial charge is 0.267 e. The maximum absolute atomic E-state index is 11.6. The summed E-state index contributed by atoms with van der Waals surface area (Å²) in [4.78, 5) is 2.06. The van der Waals surface area contributed by atoms with Crippen LogP contribution in [0.1, 0.15) is 19.3 Å². The van der Waals surface area contributed by atoms with Crippen LogP contribution in [0.3, 0.4) is 0 Å². The fourth-order valence-corrected chi connectivity index (χ4v) is 1.34. The lowest BCUT2D eigenvalue weighted by Crippen LogP contribution is -2.29. The first-order valence-corrected chi connectivity index (χ1v) is 4.02. The summed E-state index contributed by atoms with van der Waals surface area (Å²) in [6, 6.07) is 0. The molecule has 1 heterocycles. The fraction of sp³-hybridized carbons (Fsp3) is 0.750. The Balaban J connectivity index is 2.19. The molecule has 1 aliphatic heterocycles. The molecule has 0 amide bonds. The van der Waals surface area contributed by atoms with E-state index in [0.29, 0.717) is 6.54 Å². The molecule has 11 heavy (non-hydrogen) atoms. The van der Waals surface area contributed by atoms with E-state index in [2.05, 4.69) is 4.90 Å². The number of piperidine rings is 1. The molecule has 64 valence electrons. The van der Waals surface area contributed by atoms with E-state index in [1.807, 2.05) is 0 Å². The van der Waals surface area contributed by atoms with Gasteiger partial charge in [-0.3, -0.25) is 4.90 Å². The highest BCUT2D eigenvalue weighted by atomic mass is 19.3. The first-order valence-electron chi connectivity index (χ1n) is 4.02. The van der Waals surface area contributed by atoms with Crippen molar-refractivity contribution in [2.45, 2.75) is 19.3 Å². The quantitative estimate of drug-likeness (QED) is 0.600. The largest absolute Gasteiger partial charge is 0.299 e. The molecule has 1 aliphatic rings. The van der Waals surface area contributed by atoms with Crippen molar-refractivity contribution in [2.24, 2.45) is 0 Å². The molecule has 0 aromatic rings. The van der Waals surface area contributed by atoms with Gasteiger partial charge >= 0.3 is 0 Å². The summed E-state index contributed by atoms with van der Waals surface area (Å²) < 4.78 is 23.2. The van der Waals surface area contributed by atoms with Gasteiger partial charge in [0.2, 0.25) is 0 Å². The van der Waals surface area contributed by atoms with Crippen LogP contribution in [0.2, 0.25) is 0 Å². The third kappa shape index (κ3) is 3.46. The lowest BCUT2D eigenvalue weighted by atomic mass is 10.1. The van der Waals surface area contributed by atoms with Crippen LogP contribution in [0.15, 0.2) is 12.2 Å². The number of likely N-dealkylation sites (tertiary alicyclic amines) is 1. The van der Waals surface area contributed by atoms with Crippen LogP contribution in [-0.2, 0) is 0 Å². The highest BCUT2D eigenvalue weighted by Crippen LogP contribution is 2.08. The van der Waals surface area contributed by atoms with Gasteiger partial charge in [-0.1, -0.05) is 6.42 Å². The lowest BCUT2D eigenvalue weighted by Gasteiger charge is -2.24. The van der Waals surface area contributed by atoms with Crippen molar-refractivity contribution >= 4 is 0 Å². The number of hydrogen-bond acceptors (Lipinski definition) is 1. The van der Waals surface area contributed by atoms with Crippen LogP contribution in [0.4, 0.5) is 8.78 Å². The van der Waals surface area contributed by atoms with Crippen LogP contribution in [0.5, 0.6) is 0 Å². The normalized spacial score (nSPS) is 19.8. The minimum atomic E-state index is -1.56. The highest BCUT2D eigenvalue weighted by Gasteiger charge is 2.07. The van der Waals surface area contributed by atoms with Gasteiger partial charge in [-0.25, -0.2) is 0 Å². The van der Waals surface area contributed by atoms with Crippen molar-refractivity contribution < 1.29 is 8.78 Å². The molecule has 0 radical (unpaired) electrons. The second kappa shape index (κ2) is 4.44. The number of nitrogens with zero attached hydrogens (tertiary/aromatic N) is 1. The van der Waals surface area contributed by atoms with Gasteiger partial charge in [0, 0.05) is 6.54 Å². The Morgan fingerprint density at radius 1 is 1.18 bits per heavy atom. The van der Waals surface area contributed by atoms with E-state index in [1.54, 1.807) is 0 Å². The first kappa shape index (κ1) is 8.65. The van der Waals surface area contributed by atoms with Crippen molar-refractivity contribution in [3.63, 3.8) is 0 Å². The molecule has 1 nitrogen and oxygen atoms in total. The van der Waals surface area contributed by atoms with Gasteiger partial charge in [0.05, 0.1) is 0 Å². The zero-order chi connectivity index (χ0) is 8.10. The molecule has 0 N–H and O–H groups in total. The maximum atomic E-state index is 11.6. The van der Waals surface area contributed by atoms with E-state index in [0.717, 1.165) is 32.0 Å². The summed E-state index contributed by atoms with van der Waals surface area (Å²) in [6.45, 7) is 2.37. The van der Waals surface area contributed by atoms with E-state index in [-0.39, 0.29) is 0 Å². The fourth-order valence-electron chi connectivity index (χ4n) is 1.34. The molecule has 0 unspecified atom stereocenters. The van der Waals surface area contributed by atoms with Gasteiger partial charge in [-0.05, 0) is 32.0 Å². The van der Waals surface area contributed by atoms with Crippen molar-refractivity contribution in [3.05, 3.63) is 12.2 Å². The summed E-state index contributed by atoms with van der Waals surface area (Å²) >= 11 is 0. The van der Waals surface area contributed by atoms with E-state index in [4.69, 9.17) is 0 Å². The van der Waals surface area contributed by atoms with Gasteiger partial charge in [-0.2, -0.15) is 8.78 Å². The van der Waals surface area contributed by atoms with Gasteiger partial charge in [0.15, 0.2) is 0 Å². The maximum Gasteiger partial charge on any atom is 0.267 e. The summed E-state index contributed by atoms with van der Waals surface area (Å²) in [5.74, 6) is 0. The standard InChI is InChI=1S/C8H13F2N/c9-8(10)4-7-11-5-2-1-3-6-11/h4H,1-3,5-7H2. The zero-order valence-electron chi connectivity index (χ0n) is 6.52. The lowest BCUT2D eigenvalue weighted by molar-refractivity contribution is 0.247. The number of hydrogen-bond donors (Lipinski definition) is 0. The molecular weight excluding hydrogens is 148 g/mol. The third-order valence-electron chi connectivity index (χ3n) is 1.95. The predicted molar refractivity (Wildman–Crippen MR) is 40.6 cm³/mol. The van der Waals surface area contributed by atoms with Crippen molar-refractivity contribution in [1.82, 2.24) is 4.90 Å². The zero-order valence-corrected chi connectivity index (χ0v) is 6.52. The minimum Gasteiger partial charge on any atom is -0.299 e. The summed E-state index contributed by atoms with van der Waals surface area (Å²) in [7, 11) is 0. The Bertz CT molecular complexity index is 135. The molecular formula is C8H13F2N. The minimum absolute atomic E-state index is 0.419. The molecule has 0 bridgehead atoms. The van der Waals surface area contributed by atoms with Crippen LogP contribution < -0.4 is 0 Å². The topological polar surface area (TPSA) is 3.24 Å². The molecule has 1 fully saturated rings. The average molecular weight is 161 g/mol. The Morgan fingerprint density at radius 2 is 1.82 bits per heavy atom. The molecule has 3 heteroatoms. The number of rotatable bonds is 2. The van der Waals surface area contributed by atoms with Gasteiger partial charge in [0.25, 0.3) is 6.08 Å². The molecule has 0 atom stereocenters. The number of halogens is 2. The molecule has 1 rings (SSSR count). The van der Waals surface area contributed by atoms with E-state index in [9.17, 15) is 8.78 Å². The Hall–Kier alpha value is -0.440.